The predicted octanol–water partition coefficient (Wildman–Crippen LogP) is 2.56. The number of aryl methyl sites for hydroxylation is 1. The summed E-state index contributed by atoms with van der Waals surface area (Å²) in [6.07, 6.45) is 0. The number of carbonyl (C=O) groups is 1. The highest BCUT2D eigenvalue weighted by atomic mass is 32.2. The number of thioether (sulfide) groups is 1. The smallest absolute Gasteiger partial charge is 0.239 e. The fourth-order valence-electron chi connectivity index (χ4n) is 1.84. The summed E-state index contributed by atoms with van der Waals surface area (Å²) in [5.74, 6) is 1.37. The summed E-state index contributed by atoms with van der Waals surface area (Å²) in [7, 11) is 0. The van der Waals surface area contributed by atoms with Gasteiger partial charge < -0.3 is 0 Å². The van der Waals surface area contributed by atoms with Gasteiger partial charge in [0.05, 0.1) is 5.75 Å². The van der Waals surface area contributed by atoms with Gasteiger partial charge >= 0.3 is 0 Å². The highest BCUT2D eigenvalue weighted by Crippen LogP contribution is 2.42. The summed E-state index contributed by atoms with van der Waals surface area (Å²) < 4.78 is 0. The molecule has 17 heavy (non-hydrogen) atoms. The molecule has 0 bridgehead atoms. The van der Waals surface area contributed by atoms with Crippen molar-refractivity contribution >= 4 is 34.8 Å². The fraction of sp³-hybridized carbons (Fsp3) is 0.273. The average Bonchev–Trinajstić information content (AvgIpc) is 2.97. The molecular formula is C11H11N3OS2. The van der Waals surface area contributed by atoms with Crippen LogP contribution in [0.2, 0.25) is 0 Å². The lowest BCUT2D eigenvalue weighted by Crippen LogP contribution is -2.27. The third-order valence-electron chi connectivity index (χ3n) is 2.59. The van der Waals surface area contributed by atoms with Crippen LogP contribution in [-0.2, 0) is 4.79 Å². The monoisotopic (exact) mass is 265 g/mol. The normalized spacial score (nSPS) is 20.2. The second-order valence-electron chi connectivity index (χ2n) is 3.85. The Morgan fingerprint density at radius 1 is 1.59 bits per heavy atom. The van der Waals surface area contributed by atoms with E-state index in [1.807, 2.05) is 24.4 Å². The Balaban J connectivity index is 1.97. The molecular weight excluding hydrogens is 254 g/mol. The molecule has 0 spiro atoms. The molecule has 88 valence electrons. The van der Waals surface area contributed by atoms with Gasteiger partial charge in [-0.25, -0.2) is 0 Å². The number of H-pyrrole nitrogens is 1. The Kier molecular flexibility index (Phi) is 2.68. The number of carbonyl (C=O) groups excluding carboxylic acids is 1. The number of aromatic amines is 1. The minimum absolute atomic E-state index is 0.0743. The van der Waals surface area contributed by atoms with Gasteiger partial charge in [-0.2, -0.15) is 5.10 Å². The van der Waals surface area contributed by atoms with Gasteiger partial charge in [-0.3, -0.25) is 14.8 Å². The maximum Gasteiger partial charge on any atom is 0.239 e. The first kappa shape index (κ1) is 10.9. The van der Waals surface area contributed by atoms with Crippen molar-refractivity contribution in [1.29, 1.82) is 0 Å². The molecule has 1 amide bonds. The van der Waals surface area contributed by atoms with Crippen LogP contribution >= 0.6 is 23.1 Å². The van der Waals surface area contributed by atoms with Gasteiger partial charge in [0.15, 0.2) is 5.82 Å². The summed E-state index contributed by atoms with van der Waals surface area (Å²) in [6, 6.07) is 5.98. The minimum atomic E-state index is 0.0743. The maximum atomic E-state index is 11.9. The van der Waals surface area contributed by atoms with Gasteiger partial charge in [0.2, 0.25) is 5.91 Å². The molecule has 6 heteroatoms. The van der Waals surface area contributed by atoms with Crippen LogP contribution in [0.25, 0.3) is 0 Å². The lowest BCUT2D eigenvalue weighted by atomic mass is 10.3. The van der Waals surface area contributed by atoms with E-state index in [-0.39, 0.29) is 11.3 Å². The molecule has 1 fully saturated rings. The van der Waals surface area contributed by atoms with E-state index in [0.717, 1.165) is 11.5 Å². The van der Waals surface area contributed by atoms with Crippen molar-refractivity contribution in [1.82, 2.24) is 10.2 Å². The first-order valence-corrected chi connectivity index (χ1v) is 7.17. The van der Waals surface area contributed by atoms with Gasteiger partial charge in [-0.05, 0) is 18.4 Å². The zero-order valence-corrected chi connectivity index (χ0v) is 10.8. The lowest BCUT2D eigenvalue weighted by molar-refractivity contribution is -0.115. The SMILES string of the molecule is Cc1cc(N2C(=O)CSC2c2cccs2)n[nH]1. The van der Waals surface area contributed by atoms with Crippen molar-refractivity contribution in [2.24, 2.45) is 0 Å². The molecule has 0 radical (unpaired) electrons. The van der Waals surface area contributed by atoms with Gasteiger partial charge in [-0.15, -0.1) is 23.1 Å². The Hall–Kier alpha value is -1.27. The summed E-state index contributed by atoms with van der Waals surface area (Å²) in [5, 5.41) is 9.17. The van der Waals surface area contributed by atoms with Crippen molar-refractivity contribution < 1.29 is 4.79 Å². The minimum Gasteiger partial charge on any atom is -0.281 e. The van der Waals surface area contributed by atoms with E-state index >= 15 is 0 Å². The Morgan fingerprint density at radius 2 is 2.47 bits per heavy atom. The number of rotatable bonds is 2. The molecule has 2 aromatic heterocycles. The van der Waals surface area contributed by atoms with Crippen LogP contribution in [0.3, 0.4) is 0 Å². The zero-order chi connectivity index (χ0) is 11.8. The van der Waals surface area contributed by atoms with E-state index in [2.05, 4.69) is 16.3 Å². The van der Waals surface area contributed by atoms with Crippen LogP contribution in [0.15, 0.2) is 23.6 Å². The van der Waals surface area contributed by atoms with E-state index in [1.54, 1.807) is 28.0 Å². The molecule has 1 aliphatic rings. The zero-order valence-electron chi connectivity index (χ0n) is 9.21. The number of amides is 1. The van der Waals surface area contributed by atoms with E-state index in [0.29, 0.717) is 5.75 Å². The van der Waals surface area contributed by atoms with E-state index in [9.17, 15) is 4.79 Å². The highest BCUT2D eigenvalue weighted by Gasteiger charge is 2.35. The number of nitrogens with zero attached hydrogens (tertiary/aromatic N) is 2. The fourth-order valence-corrected chi connectivity index (χ4v) is 3.96. The molecule has 4 nitrogen and oxygen atoms in total. The highest BCUT2D eigenvalue weighted by molar-refractivity contribution is 8.01. The van der Waals surface area contributed by atoms with Crippen molar-refractivity contribution in [3.05, 3.63) is 34.2 Å². The molecule has 1 N–H and O–H groups in total. The quantitative estimate of drug-likeness (QED) is 0.908. The molecule has 1 atom stereocenters. The largest absolute Gasteiger partial charge is 0.281 e. The predicted molar refractivity (Wildman–Crippen MR) is 70.3 cm³/mol. The molecule has 1 saturated heterocycles. The average molecular weight is 265 g/mol. The van der Waals surface area contributed by atoms with Gasteiger partial charge in [0, 0.05) is 16.6 Å². The van der Waals surface area contributed by atoms with E-state index < -0.39 is 0 Å². The topological polar surface area (TPSA) is 49.0 Å². The maximum absolute atomic E-state index is 11.9. The van der Waals surface area contributed by atoms with Crippen molar-refractivity contribution in [2.45, 2.75) is 12.3 Å². The van der Waals surface area contributed by atoms with Crippen molar-refractivity contribution in [3.63, 3.8) is 0 Å². The molecule has 1 aliphatic heterocycles. The summed E-state index contributed by atoms with van der Waals surface area (Å²) >= 11 is 3.33. The molecule has 0 aliphatic carbocycles. The van der Waals surface area contributed by atoms with Crippen LogP contribution < -0.4 is 4.90 Å². The first-order chi connectivity index (χ1) is 8.25. The third kappa shape index (κ3) is 1.87. The number of thiophene rings is 1. The number of hydrogen-bond acceptors (Lipinski definition) is 4. The van der Waals surface area contributed by atoms with E-state index in [1.165, 1.54) is 4.88 Å². The van der Waals surface area contributed by atoms with Crippen LogP contribution in [0, 0.1) is 6.92 Å². The Labute approximate surface area is 107 Å². The van der Waals surface area contributed by atoms with Gasteiger partial charge in [-0.1, -0.05) is 6.07 Å². The van der Waals surface area contributed by atoms with Crippen LogP contribution in [0.4, 0.5) is 5.82 Å². The molecule has 1 unspecified atom stereocenters. The summed E-state index contributed by atoms with van der Waals surface area (Å²) in [5.41, 5.74) is 0.967. The number of anilines is 1. The number of nitrogens with one attached hydrogen (secondary N) is 1. The standard InChI is InChI=1S/C11H11N3OS2/c1-7-5-9(13-12-7)14-10(15)6-17-11(14)8-3-2-4-16-8/h2-5,11H,6H2,1H3,(H,12,13). The molecule has 3 heterocycles. The van der Waals surface area contributed by atoms with E-state index in [4.69, 9.17) is 0 Å². The van der Waals surface area contributed by atoms with Gasteiger partial charge in [0.1, 0.15) is 5.37 Å². The number of hydrogen-bond donors (Lipinski definition) is 1. The Bertz CT molecular complexity index is 535. The third-order valence-corrected chi connectivity index (χ3v) is 4.86. The van der Waals surface area contributed by atoms with Crippen molar-refractivity contribution in [3.8, 4) is 0 Å². The van der Waals surface area contributed by atoms with Crippen molar-refractivity contribution in [2.75, 3.05) is 10.7 Å². The van der Waals surface area contributed by atoms with Crippen LogP contribution in [0.5, 0.6) is 0 Å². The second-order valence-corrected chi connectivity index (χ2v) is 5.90. The van der Waals surface area contributed by atoms with Crippen LogP contribution in [0.1, 0.15) is 15.9 Å². The molecule has 0 saturated carbocycles. The molecule has 0 aromatic carbocycles. The van der Waals surface area contributed by atoms with Crippen LogP contribution in [-0.4, -0.2) is 21.9 Å². The lowest BCUT2D eigenvalue weighted by Gasteiger charge is -2.20. The second kappa shape index (κ2) is 4.19. The first-order valence-electron chi connectivity index (χ1n) is 5.25. The molecule has 2 aromatic rings. The summed E-state index contributed by atoms with van der Waals surface area (Å²) in [4.78, 5) is 14.9. The Morgan fingerprint density at radius 3 is 3.12 bits per heavy atom. The number of aromatic nitrogens is 2. The van der Waals surface area contributed by atoms with Gasteiger partial charge in [0.25, 0.3) is 0 Å². The molecule has 3 rings (SSSR count). The summed E-state index contributed by atoms with van der Waals surface area (Å²) in [6.45, 7) is 1.93.